The minimum atomic E-state index is -0.398. The van der Waals surface area contributed by atoms with Gasteiger partial charge in [-0.3, -0.25) is 4.90 Å². The van der Waals surface area contributed by atoms with E-state index in [-0.39, 0.29) is 12.1 Å². The van der Waals surface area contributed by atoms with E-state index in [1.807, 2.05) is 0 Å². The Morgan fingerprint density at radius 1 is 0.765 bits per heavy atom. The molecule has 0 heterocycles. The van der Waals surface area contributed by atoms with Crippen molar-refractivity contribution in [3.05, 3.63) is 107 Å². The van der Waals surface area contributed by atoms with Crippen molar-refractivity contribution >= 4 is 0 Å². The van der Waals surface area contributed by atoms with Gasteiger partial charge in [0.1, 0.15) is 0 Å². The van der Waals surface area contributed by atoms with Gasteiger partial charge in [-0.2, -0.15) is 0 Å². The first-order valence-electron chi connectivity index (χ1n) is 12.9. The zero-order valence-electron chi connectivity index (χ0n) is 20.7. The first-order valence-corrected chi connectivity index (χ1v) is 12.9. The van der Waals surface area contributed by atoms with Crippen LogP contribution in [0, 0.1) is 0 Å². The fourth-order valence-electron chi connectivity index (χ4n) is 5.14. The molecule has 1 aliphatic rings. The molecule has 3 aromatic carbocycles. The second-order valence-corrected chi connectivity index (χ2v) is 10.1. The highest BCUT2D eigenvalue weighted by molar-refractivity contribution is 5.25. The molecule has 0 radical (unpaired) electrons. The fourth-order valence-corrected chi connectivity index (χ4v) is 5.14. The van der Waals surface area contributed by atoms with Gasteiger partial charge in [0.2, 0.25) is 0 Å². The number of nitrogens with zero attached hydrogens (tertiary/aromatic N) is 1. The molecule has 3 nitrogen and oxygen atoms in total. The van der Waals surface area contributed by atoms with Crippen LogP contribution in [0.3, 0.4) is 0 Å². The van der Waals surface area contributed by atoms with Crippen LogP contribution < -0.4 is 5.32 Å². The molecule has 1 saturated carbocycles. The molecule has 0 spiro atoms. The van der Waals surface area contributed by atoms with Crippen molar-refractivity contribution in [2.24, 2.45) is 0 Å². The van der Waals surface area contributed by atoms with Gasteiger partial charge >= 0.3 is 0 Å². The summed E-state index contributed by atoms with van der Waals surface area (Å²) in [6.45, 7) is 6.97. The summed E-state index contributed by atoms with van der Waals surface area (Å²) in [5.74, 6) is 0.537. The Labute approximate surface area is 205 Å². The highest BCUT2D eigenvalue weighted by Crippen LogP contribution is 2.27. The molecular weight excluding hydrogens is 416 g/mol. The summed E-state index contributed by atoms with van der Waals surface area (Å²) < 4.78 is 0. The van der Waals surface area contributed by atoms with Gasteiger partial charge in [-0.15, -0.1) is 0 Å². The lowest BCUT2D eigenvalue weighted by molar-refractivity contribution is 0.0162. The topological polar surface area (TPSA) is 35.5 Å². The summed E-state index contributed by atoms with van der Waals surface area (Å²) in [6, 6.07) is 30.5. The van der Waals surface area contributed by atoms with Crippen molar-refractivity contribution in [3.8, 4) is 0 Å². The Hall–Kier alpha value is -2.46. The van der Waals surface area contributed by atoms with Crippen LogP contribution >= 0.6 is 0 Å². The summed E-state index contributed by atoms with van der Waals surface area (Å²) in [7, 11) is 0. The maximum Gasteiger partial charge on any atom is 0.0848 e. The molecule has 3 atom stereocenters. The summed E-state index contributed by atoms with van der Waals surface area (Å²) in [4.78, 5) is 2.51. The summed E-state index contributed by atoms with van der Waals surface area (Å²) in [6.07, 6.45) is 3.96. The van der Waals surface area contributed by atoms with E-state index >= 15 is 0 Å². The van der Waals surface area contributed by atoms with Crippen LogP contribution in [-0.4, -0.2) is 28.2 Å². The van der Waals surface area contributed by atoms with E-state index in [1.165, 1.54) is 22.3 Å². The van der Waals surface area contributed by atoms with E-state index in [0.717, 1.165) is 45.3 Å². The van der Waals surface area contributed by atoms with Crippen LogP contribution in [0.25, 0.3) is 0 Å². The van der Waals surface area contributed by atoms with Gasteiger partial charge in [0.05, 0.1) is 6.10 Å². The van der Waals surface area contributed by atoms with Crippen LogP contribution in [0.5, 0.6) is 0 Å². The maximum atomic E-state index is 11.6. The third-order valence-corrected chi connectivity index (χ3v) is 7.21. The van der Waals surface area contributed by atoms with E-state index in [4.69, 9.17) is 0 Å². The third-order valence-electron chi connectivity index (χ3n) is 7.21. The highest BCUT2D eigenvalue weighted by Gasteiger charge is 2.33. The minimum Gasteiger partial charge on any atom is -0.390 e. The molecule has 0 saturated heterocycles. The lowest BCUT2D eigenvalue weighted by atomic mass is 9.97. The van der Waals surface area contributed by atoms with Gasteiger partial charge in [-0.1, -0.05) is 112 Å². The summed E-state index contributed by atoms with van der Waals surface area (Å²) >= 11 is 0. The van der Waals surface area contributed by atoms with E-state index in [0.29, 0.717) is 5.92 Å². The number of nitrogens with one attached hydrogen (secondary N) is 1. The van der Waals surface area contributed by atoms with Crippen LogP contribution in [0.1, 0.15) is 67.7 Å². The minimum absolute atomic E-state index is 0.106. The first kappa shape index (κ1) is 24.7. The molecule has 0 aliphatic heterocycles. The normalized spacial score (nSPS) is 21.0. The quantitative estimate of drug-likeness (QED) is 0.372. The Morgan fingerprint density at radius 2 is 1.32 bits per heavy atom. The Balaban J connectivity index is 1.52. The first-order chi connectivity index (χ1) is 16.6. The number of hydrogen-bond donors (Lipinski definition) is 2. The summed E-state index contributed by atoms with van der Waals surface area (Å²) in [5.41, 5.74) is 5.25. The van der Waals surface area contributed by atoms with E-state index in [2.05, 4.69) is 109 Å². The van der Waals surface area contributed by atoms with Crippen molar-refractivity contribution in [3.63, 3.8) is 0 Å². The largest absolute Gasteiger partial charge is 0.390 e. The van der Waals surface area contributed by atoms with Crippen LogP contribution in [0.4, 0.5) is 0 Å². The molecule has 0 amide bonds. The average Bonchev–Trinajstić information content (AvgIpc) is 3.05. The lowest BCUT2D eigenvalue weighted by Gasteiger charge is -2.37. The van der Waals surface area contributed by atoms with E-state index < -0.39 is 6.10 Å². The molecule has 0 aromatic heterocycles. The van der Waals surface area contributed by atoms with Crippen molar-refractivity contribution in [1.82, 2.24) is 10.2 Å². The molecule has 4 rings (SSSR count). The standard InChI is InChI=1S/C31H40N2O/c1-24(2)28-19-17-27(18-20-28)23-33(22-26-13-7-4-8-14-26)30-16-10-9-15-29(31(30)34)32-21-25-11-5-3-6-12-25/h3-8,11-14,17-20,24,29-32,34H,9-10,15-16,21-23H2,1-2H3/t29-,30-,31-/m1/s1. The van der Waals surface area contributed by atoms with Crippen LogP contribution in [-0.2, 0) is 19.6 Å². The number of aliphatic hydroxyl groups excluding tert-OH is 1. The van der Waals surface area contributed by atoms with Crippen LogP contribution in [0.2, 0.25) is 0 Å². The van der Waals surface area contributed by atoms with Crippen LogP contribution in [0.15, 0.2) is 84.9 Å². The molecule has 34 heavy (non-hydrogen) atoms. The zero-order chi connectivity index (χ0) is 23.8. The molecule has 1 fully saturated rings. The van der Waals surface area contributed by atoms with Crippen molar-refractivity contribution in [2.75, 3.05) is 0 Å². The van der Waals surface area contributed by atoms with Gasteiger partial charge in [0, 0.05) is 31.7 Å². The number of hydrogen-bond acceptors (Lipinski definition) is 3. The SMILES string of the molecule is CC(C)c1ccc(CN(Cc2ccccc2)[C@@H]2CCCC[C@@H](NCc3ccccc3)[C@H]2O)cc1. The summed E-state index contributed by atoms with van der Waals surface area (Å²) in [5, 5.41) is 15.3. The molecule has 3 heteroatoms. The highest BCUT2D eigenvalue weighted by atomic mass is 16.3. The zero-order valence-corrected chi connectivity index (χ0v) is 20.7. The van der Waals surface area contributed by atoms with Gasteiger partial charge < -0.3 is 10.4 Å². The predicted molar refractivity (Wildman–Crippen MR) is 142 cm³/mol. The van der Waals surface area contributed by atoms with E-state index in [9.17, 15) is 5.11 Å². The molecule has 1 aliphatic carbocycles. The molecular formula is C31H40N2O. The lowest BCUT2D eigenvalue weighted by Crippen LogP contribution is -2.51. The van der Waals surface area contributed by atoms with Gasteiger partial charge in [0.15, 0.2) is 0 Å². The molecule has 0 unspecified atom stereocenters. The number of aliphatic hydroxyl groups is 1. The second kappa shape index (κ2) is 12.3. The van der Waals surface area contributed by atoms with Gasteiger partial charge in [0.25, 0.3) is 0 Å². The number of rotatable bonds is 9. The van der Waals surface area contributed by atoms with Gasteiger partial charge in [-0.25, -0.2) is 0 Å². The predicted octanol–water partition coefficient (Wildman–Crippen LogP) is 6.27. The molecule has 3 aromatic rings. The maximum absolute atomic E-state index is 11.6. The van der Waals surface area contributed by atoms with Crippen molar-refractivity contribution < 1.29 is 5.11 Å². The fraction of sp³-hybridized carbons (Fsp3) is 0.419. The van der Waals surface area contributed by atoms with Crippen molar-refractivity contribution in [1.29, 1.82) is 0 Å². The van der Waals surface area contributed by atoms with E-state index in [1.54, 1.807) is 0 Å². The monoisotopic (exact) mass is 456 g/mol. The Kier molecular flexibility index (Phi) is 8.92. The molecule has 180 valence electrons. The Morgan fingerprint density at radius 3 is 1.94 bits per heavy atom. The average molecular weight is 457 g/mol. The van der Waals surface area contributed by atoms with Gasteiger partial charge in [-0.05, 0) is 41.0 Å². The molecule has 0 bridgehead atoms. The molecule has 2 N–H and O–H groups in total. The third kappa shape index (κ3) is 6.79. The second-order valence-electron chi connectivity index (χ2n) is 10.1. The Bertz CT molecular complexity index is 971. The number of benzene rings is 3. The van der Waals surface area contributed by atoms with Crippen molar-refractivity contribution in [2.45, 2.75) is 83.3 Å². The smallest absolute Gasteiger partial charge is 0.0848 e.